The molecule has 2 atom stereocenters. The summed E-state index contributed by atoms with van der Waals surface area (Å²) in [5.41, 5.74) is -0.0237. The molecule has 29 heavy (non-hydrogen) atoms. The number of hydrogen-bond acceptors (Lipinski definition) is 5. The van der Waals surface area contributed by atoms with Crippen LogP contribution in [0.3, 0.4) is 0 Å². The molecule has 0 radical (unpaired) electrons. The van der Waals surface area contributed by atoms with Crippen molar-refractivity contribution >= 4 is 29.5 Å². The van der Waals surface area contributed by atoms with Crippen LogP contribution in [0.1, 0.15) is 56.3 Å². The number of rotatable bonds is 6. The lowest BCUT2D eigenvalue weighted by molar-refractivity contribution is -0.136. The van der Waals surface area contributed by atoms with E-state index in [0.717, 1.165) is 30.6 Å². The molecule has 8 nitrogen and oxygen atoms in total. The van der Waals surface area contributed by atoms with Gasteiger partial charge in [0.25, 0.3) is 5.91 Å². The summed E-state index contributed by atoms with van der Waals surface area (Å²) in [6.45, 7) is 3.88. The van der Waals surface area contributed by atoms with Crippen LogP contribution in [0.5, 0.6) is 0 Å². The molecule has 1 aromatic carbocycles. The Kier molecular flexibility index (Phi) is 6.20. The largest absolute Gasteiger partial charge is 0.462 e. The van der Waals surface area contributed by atoms with Crippen LogP contribution >= 0.6 is 0 Å². The summed E-state index contributed by atoms with van der Waals surface area (Å²) in [5, 5.41) is 5.49. The average Bonchev–Trinajstić information content (AvgIpc) is 2.94. The van der Waals surface area contributed by atoms with Gasteiger partial charge < -0.3 is 15.4 Å². The zero-order valence-corrected chi connectivity index (χ0v) is 16.8. The van der Waals surface area contributed by atoms with Gasteiger partial charge in [-0.25, -0.2) is 9.59 Å². The number of esters is 1. The zero-order valence-electron chi connectivity index (χ0n) is 16.8. The minimum atomic E-state index is -0.879. The molecule has 1 heterocycles. The number of carbonyl (C=O) groups excluding carboxylic acids is 4. The van der Waals surface area contributed by atoms with Crippen LogP contribution in [0.2, 0.25) is 0 Å². The fraction of sp³-hybridized carbons (Fsp3) is 0.524. The molecule has 1 aliphatic carbocycles. The standard InChI is InChI=1S/C21H27N3O5/c1-3-12-29-18(26)15-7-9-16(10-8-15)22-17(25)13-24-19(27)21(23-20(24)28)11-5-4-6-14(21)2/h7-10,14H,3-6,11-13H2,1-2H3,(H,22,25)(H,23,28)/t14-,21-/m1/s1. The Hall–Kier alpha value is -2.90. The first-order valence-electron chi connectivity index (χ1n) is 10.1. The van der Waals surface area contributed by atoms with Gasteiger partial charge in [0, 0.05) is 5.69 Å². The van der Waals surface area contributed by atoms with Gasteiger partial charge in [-0.2, -0.15) is 0 Å². The maximum Gasteiger partial charge on any atom is 0.338 e. The molecule has 2 fully saturated rings. The Morgan fingerprint density at radius 1 is 1.24 bits per heavy atom. The third-order valence-electron chi connectivity index (χ3n) is 5.64. The molecular formula is C21H27N3O5. The molecule has 1 aliphatic heterocycles. The van der Waals surface area contributed by atoms with E-state index in [-0.39, 0.29) is 18.4 Å². The number of nitrogens with one attached hydrogen (secondary N) is 2. The Morgan fingerprint density at radius 3 is 2.62 bits per heavy atom. The van der Waals surface area contributed by atoms with Gasteiger partial charge in [0.15, 0.2) is 0 Å². The number of imide groups is 1. The number of hydrogen-bond donors (Lipinski definition) is 2. The van der Waals surface area contributed by atoms with Gasteiger partial charge in [-0.1, -0.05) is 26.7 Å². The van der Waals surface area contributed by atoms with E-state index in [0.29, 0.717) is 24.3 Å². The molecule has 1 saturated carbocycles. The number of anilines is 1. The van der Waals surface area contributed by atoms with Crippen LogP contribution in [0.15, 0.2) is 24.3 Å². The predicted molar refractivity (Wildman–Crippen MR) is 106 cm³/mol. The van der Waals surface area contributed by atoms with E-state index in [1.807, 2.05) is 13.8 Å². The highest BCUT2D eigenvalue weighted by atomic mass is 16.5. The Balaban J connectivity index is 1.60. The Labute approximate surface area is 170 Å². The Morgan fingerprint density at radius 2 is 1.97 bits per heavy atom. The van der Waals surface area contributed by atoms with Crippen molar-refractivity contribution in [2.24, 2.45) is 5.92 Å². The van der Waals surface area contributed by atoms with Gasteiger partial charge in [0.2, 0.25) is 5.91 Å². The minimum Gasteiger partial charge on any atom is -0.462 e. The number of amides is 4. The molecule has 156 valence electrons. The van der Waals surface area contributed by atoms with Crippen LogP contribution < -0.4 is 10.6 Å². The molecule has 8 heteroatoms. The van der Waals surface area contributed by atoms with E-state index in [4.69, 9.17) is 4.74 Å². The van der Waals surface area contributed by atoms with Crippen molar-refractivity contribution in [1.82, 2.24) is 10.2 Å². The molecule has 2 N–H and O–H groups in total. The maximum absolute atomic E-state index is 12.9. The molecule has 1 aromatic rings. The fourth-order valence-corrected chi connectivity index (χ4v) is 3.95. The molecule has 1 spiro atoms. The third kappa shape index (κ3) is 4.26. The number of benzene rings is 1. The van der Waals surface area contributed by atoms with Crippen LogP contribution in [0, 0.1) is 5.92 Å². The van der Waals surface area contributed by atoms with Crippen molar-refractivity contribution in [3.63, 3.8) is 0 Å². The third-order valence-corrected chi connectivity index (χ3v) is 5.64. The van der Waals surface area contributed by atoms with Crippen molar-refractivity contribution in [2.45, 2.75) is 51.5 Å². The molecule has 4 amide bonds. The summed E-state index contributed by atoms with van der Waals surface area (Å²) in [4.78, 5) is 50.5. The second kappa shape index (κ2) is 8.63. The van der Waals surface area contributed by atoms with Gasteiger partial charge in [0.05, 0.1) is 12.2 Å². The summed E-state index contributed by atoms with van der Waals surface area (Å²) in [5.74, 6) is -1.18. The van der Waals surface area contributed by atoms with Gasteiger partial charge in [-0.15, -0.1) is 0 Å². The number of nitrogens with zero attached hydrogens (tertiary/aromatic N) is 1. The van der Waals surface area contributed by atoms with Crippen LogP contribution in [0.4, 0.5) is 10.5 Å². The summed E-state index contributed by atoms with van der Waals surface area (Å²) < 4.78 is 5.06. The van der Waals surface area contributed by atoms with Crippen molar-refractivity contribution in [2.75, 3.05) is 18.5 Å². The highest BCUT2D eigenvalue weighted by molar-refractivity contribution is 6.10. The van der Waals surface area contributed by atoms with Crippen molar-refractivity contribution < 1.29 is 23.9 Å². The molecule has 3 rings (SSSR count). The minimum absolute atomic E-state index is 0.0424. The second-order valence-corrected chi connectivity index (χ2v) is 7.70. The quantitative estimate of drug-likeness (QED) is 0.563. The van der Waals surface area contributed by atoms with E-state index >= 15 is 0 Å². The first kappa shape index (κ1) is 20.8. The summed E-state index contributed by atoms with van der Waals surface area (Å²) in [7, 11) is 0. The highest BCUT2D eigenvalue weighted by Gasteiger charge is 2.55. The fourth-order valence-electron chi connectivity index (χ4n) is 3.95. The van der Waals surface area contributed by atoms with E-state index in [1.54, 1.807) is 24.3 Å². The van der Waals surface area contributed by atoms with Crippen LogP contribution in [-0.2, 0) is 14.3 Å². The smallest absolute Gasteiger partial charge is 0.338 e. The Bertz CT molecular complexity index is 807. The molecule has 2 aliphatic rings. The second-order valence-electron chi connectivity index (χ2n) is 7.70. The molecule has 0 bridgehead atoms. The first-order valence-corrected chi connectivity index (χ1v) is 10.1. The number of carbonyl (C=O) groups is 4. The van der Waals surface area contributed by atoms with Gasteiger partial charge in [0.1, 0.15) is 12.1 Å². The molecule has 0 unspecified atom stereocenters. The summed E-state index contributed by atoms with van der Waals surface area (Å²) in [6.07, 6.45) is 4.13. The normalized spacial score (nSPS) is 23.8. The summed E-state index contributed by atoms with van der Waals surface area (Å²) in [6, 6.07) is 5.75. The van der Waals surface area contributed by atoms with Crippen LogP contribution in [-0.4, -0.2) is 47.4 Å². The van der Waals surface area contributed by atoms with Crippen molar-refractivity contribution in [3.8, 4) is 0 Å². The van der Waals surface area contributed by atoms with Crippen molar-refractivity contribution in [3.05, 3.63) is 29.8 Å². The van der Waals surface area contributed by atoms with E-state index < -0.39 is 23.4 Å². The number of ether oxygens (including phenoxy) is 1. The van der Waals surface area contributed by atoms with E-state index in [2.05, 4.69) is 10.6 Å². The zero-order chi connectivity index (χ0) is 21.0. The molecule has 1 saturated heterocycles. The monoisotopic (exact) mass is 401 g/mol. The molecule has 0 aromatic heterocycles. The SMILES string of the molecule is CCCOC(=O)c1ccc(NC(=O)CN2C(=O)N[C@@]3(CCCC[C@H]3C)C2=O)cc1. The lowest BCUT2D eigenvalue weighted by atomic mass is 9.73. The van der Waals surface area contributed by atoms with E-state index in [1.165, 1.54) is 0 Å². The van der Waals surface area contributed by atoms with Gasteiger partial charge in [-0.05, 0) is 49.4 Å². The lowest BCUT2D eigenvalue weighted by Gasteiger charge is -2.36. The predicted octanol–water partition coefficient (Wildman–Crippen LogP) is 2.69. The molecular weight excluding hydrogens is 374 g/mol. The van der Waals surface area contributed by atoms with Gasteiger partial charge >= 0.3 is 12.0 Å². The van der Waals surface area contributed by atoms with Crippen molar-refractivity contribution in [1.29, 1.82) is 0 Å². The topological polar surface area (TPSA) is 105 Å². The lowest BCUT2D eigenvalue weighted by Crippen LogP contribution is -2.54. The first-order chi connectivity index (χ1) is 13.9. The average molecular weight is 401 g/mol. The summed E-state index contributed by atoms with van der Waals surface area (Å²) >= 11 is 0. The van der Waals surface area contributed by atoms with Crippen LogP contribution in [0.25, 0.3) is 0 Å². The maximum atomic E-state index is 12.9. The van der Waals surface area contributed by atoms with E-state index in [9.17, 15) is 19.2 Å². The highest BCUT2D eigenvalue weighted by Crippen LogP contribution is 2.38. The van der Waals surface area contributed by atoms with Gasteiger partial charge in [-0.3, -0.25) is 14.5 Å². The number of urea groups is 1.